The van der Waals surface area contributed by atoms with Crippen molar-refractivity contribution in [3.63, 3.8) is 0 Å². The summed E-state index contributed by atoms with van der Waals surface area (Å²) in [6.07, 6.45) is 6.82. The summed E-state index contributed by atoms with van der Waals surface area (Å²) in [6, 6.07) is 74.4. The van der Waals surface area contributed by atoms with Crippen LogP contribution in [0.3, 0.4) is 0 Å². The van der Waals surface area contributed by atoms with Crippen LogP contribution in [0.5, 0.6) is 0 Å². The molecule has 0 amide bonds. The molecule has 5 heterocycles. The van der Waals surface area contributed by atoms with Crippen LogP contribution in [0, 0.1) is 64.8 Å². The summed E-state index contributed by atoms with van der Waals surface area (Å²) >= 11 is 0. The van der Waals surface area contributed by atoms with E-state index >= 15 is 0 Å². The van der Waals surface area contributed by atoms with Gasteiger partial charge in [-0.25, -0.2) is 0 Å². The molecule has 0 aliphatic heterocycles. The van der Waals surface area contributed by atoms with E-state index in [0.29, 0.717) is 5.69 Å². The van der Waals surface area contributed by atoms with Crippen molar-refractivity contribution >= 4 is 0 Å². The molecular formula is C60H50Ir5N5-5. The van der Waals surface area contributed by atoms with Crippen LogP contribution in [-0.2, 0) is 101 Å². The van der Waals surface area contributed by atoms with Crippen LogP contribution in [0.1, 0.15) is 36.2 Å². The quantitative estimate of drug-likeness (QED) is 0.161. The van der Waals surface area contributed by atoms with Crippen molar-refractivity contribution < 1.29 is 109 Å². The van der Waals surface area contributed by atoms with Gasteiger partial charge in [-0.05, 0) is 85.8 Å². The molecule has 0 atom stereocenters. The third kappa shape index (κ3) is 21.6. The van der Waals surface area contributed by atoms with Gasteiger partial charge in [0.2, 0.25) is 0 Å². The first-order valence-electron chi connectivity index (χ1n) is 23.8. The minimum Gasteiger partial charge on any atom is -0.305 e. The molecule has 5 aromatic heterocycles. The molecule has 5 radical (unpaired) electrons. The Morgan fingerprint density at radius 1 is 0.357 bits per heavy atom. The number of pyridine rings is 5. The molecule has 0 unspecified atom stereocenters. The van der Waals surface area contributed by atoms with Gasteiger partial charge in [0.1, 0.15) is 0 Å². The van der Waals surface area contributed by atoms with E-state index in [2.05, 4.69) is 94.2 Å². The molecule has 0 saturated carbocycles. The number of benzene rings is 5. The first-order chi connectivity index (χ1) is 34.2. The van der Waals surface area contributed by atoms with Gasteiger partial charge in [0, 0.05) is 139 Å². The molecule has 0 saturated heterocycles. The van der Waals surface area contributed by atoms with E-state index in [9.17, 15) is 0 Å². The molecule has 0 aliphatic carbocycles. The second-order valence-electron chi connectivity index (χ2n) is 14.3. The second kappa shape index (κ2) is 35.2. The number of hydrogen-bond donors (Lipinski definition) is 0. The molecule has 0 spiro atoms. The maximum absolute atomic E-state index is 7.29. The standard InChI is InChI=1S/5C12H10N.5Ir/c1-10-5-4-6-11(9-10)12-7-2-3-8-13-12;1-10-6-5-9-13-12(10)11-7-3-2-4-8-11;1-10-6-5-9-12(13-10)11-7-3-2-4-8-11;1-10-7-8-13-12(9-10)11-5-3-2-4-6-11;1-10-7-8-12(13-9-10)11-5-3-2-4-6-11;;;;;/h2-5,7-9H,1H3;2*2-7,9H,1H3;2*2-5,7-9H,1H3;;;;;/q5*-1;;;;;/i;;1D3;;1D3;;;;;. The predicted octanol–water partition coefficient (Wildman–Crippen LogP) is 14.3. The minimum atomic E-state index is -2.16. The van der Waals surface area contributed by atoms with Crippen molar-refractivity contribution in [2.45, 2.75) is 34.5 Å². The maximum Gasteiger partial charge on any atom is 0.0295 e. The first kappa shape index (κ1) is 52.9. The molecular weight excluding hydrogens is 1750 g/mol. The Labute approximate surface area is 491 Å². The average Bonchev–Trinajstić information content (AvgIpc) is 3.40. The van der Waals surface area contributed by atoms with E-state index in [1.54, 1.807) is 42.6 Å². The SMILES string of the molecule is Cc1cc[c-]c(-c2ccccn2)c1.Cc1cccnc1-c1[c-]cccc1.Cc1ccnc(-c2[c-]cccc2)c1.[2H]C([2H])([2H])c1ccc(-c2[c-]cccc2)nc1.[2H]C([2H])([2H])c1cccc(-c2[c-]cccc2)n1.[Ir].[Ir].[Ir].[Ir].[Ir]. The summed E-state index contributed by atoms with van der Waals surface area (Å²) in [7, 11) is 0. The normalized spacial score (nSPS) is 10.8. The summed E-state index contributed by atoms with van der Waals surface area (Å²) in [4.78, 5) is 21.1. The van der Waals surface area contributed by atoms with E-state index < -0.39 is 13.7 Å². The summed E-state index contributed by atoms with van der Waals surface area (Å²) in [6.45, 7) is 1.94. The van der Waals surface area contributed by atoms with Gasteiger partial charge < -0.3 is 24.9 Å². The summed E-state index contributed by atoms with van der Waals surface area (Å²) < 4.78 is 43.6. The van der Waals surface area contributed by atoms with Gasteiger partial charge in [-0.2, -0.15) is 0 Å². The molecule has 365 valence electrons. The number of aryl methyl sites for hydroxylation is 5. The molecule has 10 rings (SSSR count). The molecule has 0 N–H and O–H groups in total. The zero-order chi connectivity index (χ0) is 50.5. The van der Waals surface area contributed by atoms with Crippen LogP contribution >= 0.6 is 0 Å². The van der Waals surface area contributed by atoms with E-state index in [-0.39, 0.29) is 112 Å². The van der Waals surface area contributed by atoms with Crippen LogP contribution < -0.4 is 0 Å². The molecule has 5 nitrogen and oxygen atoms in total. The Bertz CT molecular complexity index is 3060. The van der Waals surface area contributed by atoms with Gasteiger partial charge in [0.05, 0.1) is 0 Å². The predicted molar refractivity (Wildman–Crippen MR) is 266 cm³/mol. The third-order valence-electron chi connectivity index (χ3n) is 9.25. The van der Waals surface area contributed by atoms with Gasteiger partial charge in [-0.15, -0.1) is 179 Å². The average molecular weight is 1810 g/mol. The molecule has 5 aromatic carbocycles. The Hall–Kier alpha value is -4.90. The van der Waals surface area contributed by atoms with Gasteiger partial charge in [0.25, 0.3) is 0 Å². The van der Waals surface area contributed by atoms with Crippen molar-refractivity contribution in [3.8, 4) is 56.3 Å². The van der Waals surface area contributed by atoms with E-state index in [1.807, 2.05) is 140 Å². The zero-order valence-corrected chi connectivity index (χ0v) is 50.1. The van der Waals surface area contributed by atoms with Crippen molar-refractivity contribution in [2.75, 3.05) is 0 Å². The summed E-state index contributed by atoms with van der Waals surface area (Å²) in [5.41, 5.74) is 13.2. The number of aromatic nitrogens is 5. The van der Waals surface area contributed by atoms with Crippen molar-refractivity contribution in [2.24, 2.45) is 0 Å². The molecule has 10 aromatic rings. The van der Waals surface area contributed by atoms with Gasteiger partial charge in [-0.3, -0.25) is 0 Å². The van der Waals surface area contributed by atoms with Crippen LogP contribution in [0.2, 0.25) is 0 Å². The number of nitrogens with zero attached hydrogens (tertiary/aromatic N) is 5. The fourth-order valence-electron chi connectivity index (χ4n) is 6.04. The molecule has 0 fully saturated rings. The minimum absolute atomic E-state index is 0. The van der Waals surface area contributed by atoms with Crippen molar-refractivity contribution in [1.29, 1.82) is 0 Å². The Morgan fingerprint density at radius 3 is 1.43 bits per heavy atom. The summed E-state index contributed by atoms with van der Waals surface area (Å²) in [5, 5.41) is 0. The number of rotatable bonds is 5. The number of hydrogen-bond acceptors (Lipinski definition) is 5. The third-order valence-corrected chi connectivity index (χ3v) is 9.25. The van der Waals surface area contributed by atoms with Gasteiger partial charge >= 0.3 is 0 Å². The zero-order valence-electron chi connectivity index (χ0n) is 44.1. The van der Waals surface area contributed by atoms with Crippen LogP contribution in [0.15, 0.2) is 213 Å². The van der Waals surface area contributed by atoms with E-state index in [4.69, 9.17) is 8.22 Å². The Morgan fingerprint density at radius 2 is 0.900 bits per heavy atom. The Balaban J connectivity index is 0.000000469. The largest absolute Gasteiger partial charge is 0.305 e. The fraction of sp³-hybridized carbons (Fsp3) is 0.0833. The van der Waals surface area contributed by atoms with Crippen LogP contribution in [0.25, 0.3) is 56.3 Å². The van der Waals surface area contributed by atoms with E-state index in [1.165, 1.54) is 29.0 Å². The maximum atomic E-state index is 7.29. The van der Waals surface area contributed by atoms with Crippen molar-refractivity contribution in [1.82, 2.24) is 24.9 Å². The van der Waals surface area contributed by atoms with Crippen molar-refractivity contribution in [3.05, 3.63) is 271 Å². The van der Waals surface area contributed by atoms with Crippen LogP contribution in [-0.4, -0.2) is 24.9 Å². The molecule has 0 aliphatic rings. The fourth-order valence-corrected chi connectivity index (χ4v) is 6.04. The molecule has 70 heavy (non-hydrogen) atoms. The summed E-state index contributed by atoms with van der Waals surface area (Å²) in [5.74, 6) is 0. The monoisotopic (exact) mass is 1810 g/mol. The first-order valence-corrected chi connectivity index (χ1v) is 20.8. The molecule has 10 heteroatoms. The van der Waals surface area contributed by atoms with Gasteiger partial charge in [-0.1, -0.05) is 66.6 Å². The second-order valence-corrected chi connectivity index (χ2v) is 14.3. The topological polar surface area (TPSA) is 64.5 Å². The van der Waals surface area contributed by atoms with E-state index in [0.717, 1.165) is 50.6 Å². The molecule has 0 bridgehead atoms. The van der Waals surface area contributed by atoms with Gasteiger partial charge in [0.15, 0.2) is 0 Å². The smallest absolute Gasteiger partial charge is 0.0295 e. The van der Waals surface area contributed by atoms with Crippen LogP contribution in [0.4, 0.5) is 0 Å². The Kier molecular flexibility index (Phi) is 26.6.